The van der Waals surface area contributed by atoms with E-state index in [1.165, 1.54) is 41.5 Å². The Kier molecular flexibility index (Phi) is 6.38. The molecule has 0 unspecified atom stereocenters. The van der Waals surface area contributed by atoms with Gasteiger partial charge in [0.2, 0.25) is 0 Å². The SMILES string of the molecule is N#Cc1ccc2c(c1)-c1c(-c3cc(-c4ccc(-c5cccnc5)cc4)nc(-c4ccccc4)n3)cccc1C21CCCCC1. The van der Waals surface area contributed by atoms with Crippen LogP contribution in [-0.2, 0) is 5.41 Å². The number of pyridine rings is 1. The maximum absolute atomic E-state index is 9.85. The summed E-state index contributed by atoms with van der Waals surface area (Å²) in [6, 6.07) is 40.3. The Morgan fingerprint density at radius 1 is 0.591 bits per heavy atom. The summed E-state index contributed by atoms with van der Waals surface area (Å²) in [5.74, 6) is 0.698. The predicted molar refractivity (Wildman–Crippen MR) is 176 cm³/mol. The Balaban J connectivity index is 1.33. The molecule has 44 heavy (non-hydrogen) atoms. The largest absolute Gasteiger partial charge is 0.264 e. The standard InChI is InChI=1S/C40H30N4/c41-25-27-14-19-34-33(23-27)38-32(12-7-13-35(38)40(34)20-5-2-6-21-40)37-24-36(43-39(44-37)30-9-3-1-4-10-30)29-17-15-28(16-18-29)31-11-8-22-42-26-31/h1,3-4,7-19,22-24,26H,2,5-6,20-21H2. The second-order valence-electron chi connectivity index (χ2n) is 11.9. The van der Waals surface area contributed by atoms with Gasteiger partial charge in [-0.15, -0.1) is 0 Å². The van der Waals surface area contributed by atoms with Crippen molar-refractivity contribution in [3.63, 3.8) is 0 Å². The highest BCUT2D eigenvalue weighted by molar-refractivity contribution is 5.93. The van der Waals surface area contributed by atoms with Gasteiger partial charge in [0.25, 0.3) is 0 Å². The van der Waals surface area contributed by atoms with Crippen molar-refractivity contribution in [2.45, 2.75) is 37.5 Å². The highest BCUT2D eigenvalue weighted by Gasteiger charge is 2.44. The Morgan fingerprint density at radius 3 is 2.14 bits per heavy atom. The molecule has 4 aromatic carbocycles. The van der Waals surface area contributed by atoms with Crippen LogP contribution in [0, 0.1) is 11.3 Å². The van der Waals surface area contributed by atoms with Gasteiger partial charge in [0.05, 0.1) is 23.0 Å². The third-order valence-corrected chi connectivity index (χ3v) is 9.43. The van der Waals surface area contributed by atoms with E-state index < -0.39 is 0 Å². The Hall–Kier alpha value is -5.40. The molecule has 1 saturated carbocycles. The number of nitriles is 1. The zero-order valence-corrected chi connectivity index (χ0v) is 24.4. The molecule has 2 aromatic heterocycles. The molecule has 4 nitrogen and oxygen atoms in total. The molecule has 0 N–H and O–H groups in total. The molecular weight excluding hydrogens is 536 g/mol. The number of benzene rings is 4. The molecule has 4 heteroatoms. The van der Waals surface area contributed by atoms with E-state index in [4.69, 9.17) is 9.97 Å². The maximum atomic E-state index is 9.85. The van der Waals surface area contributed by atoms with Crippen LogP contribution in [0.15, 0.2) is 122 Å². The highest BCUT2D eigenvalue weighted by atomic mass is 14.9. The first-order valence-electron chi connectivity index (χ1n) is 15.4. The smallest absolute Gasteiger partial charge is 0.160 e. The number of nitrogens with zero attached hydrogens (tertiary/aromatic N) is 4. The molecule has 2 aliphatic carbocycles. The lowest BCUT2D eigenvalue weighted by Crippen LogP contribution is -2.28. The van der Waals surface area contributed by atoms with Gasteiger partial charge in [0, 0.05) is 34.5 Å². The summed E-state index contributed by atoms with van der Waals surface area (Å²) in [5.41, 5.74) is 12.9. The molecule has 0 saturated heterocycles. The van der Waals surface area contributed by atoms with Crippen LogP contribution < -0.4 is 0 Å². The fraction of sp³-hybridized carbons (Fsp3) is 0.150. The summed E-state index contributed by atoms with van der Waals surface area (Å²) >= 11 is 0. The lowest BCUT2D eigenvalue weighted by molar-refractivity contribution is 0.353. The van der Waals surface area contributed by atoms with Crippen LogP contribution in [0.4, 0.5) is 0 Å². The third kappa shape index (κ3) is 4.32. The van der Waals surface area contributed by atoms with E-state index in [0.717, 1.165) is 52.0 Å². The lowest BCUT2D eigenvalue weighted by Gasteiger charge is -2.36. The first kappa shape index (κ1) is 26.2. The van der Waals surface area contributed by atoms with Gasteiger partial charge in [-0.1, -0.05) is 104 Å². The van der Waals surface area contributed by atoms with E-state index >= 15 is 0 Å². The van der Waals surface area contributed by atoms with Gasteiger partial charge < -0.3 is 0 Å². The fourth-order valence-electron chi connectivity index (χ4n) is 7.35. The number of rotatable bonds is 4. The van der Waals surface area contributed by atoms with Gasteiger partial charge in [0.1, 0.15) is 0 Å². The molecule has 8 rings (SSSR count). The first-order valence-corrected chi connectivity index (χ1v) is 15.4. The van der Waals surface area contributed by atoms with Crippen molar-refractivity contribution in [1.29, 1.82) is 5.26 Å². The molecule has 2 aliphatic rings. The van der Waals surface area contributed by atoms with E-state index in [2.05, 4.69) is 89.9 Å². The molecule has 210 valence electrons. The second kappa shape index (κ2) is 10.7. The summed E-state index contributed by atoms with van der Waals surface area (Å²) < 4.78 is 0. The van der Waals surface area contributed by atoms with Crippen LogP contribution in [0.3, 0.4) is 0 Å². The molecule has 1 fully saturated rings. The van der Waals surface area contributed by atoms with E-state index in [-0.39, 0.29) is 5.41 Å². The minimum absolute atomic E-state index is 0.00679. The molecule has 0 aliphatic heterocycles. The minimum Gasteiger partial charge on any atom is -0.264 e. The number of hydrogen-bond acceptors (Lipinski definition) is 4. The van der Waals surface area contributed by atoms with E-state index in [0.29, 0.717) is 11.4 Å². The monoisotopic (exact) mass is 566 g/mol. The molecule has 0 atom stereocenters. The molecular formula is C40H30N4. The molecule has 0 radical (unpaired) electrons. The second-order valence-corrected chi connectivity index (χ2v) is 11.9. The quantitative estimate of drug-likeness (QED) is 0.213. The first-order chi connectivity index (χ1) is 21.7. The van der Waals surface area contributed by atoms with Gasteiger partial charge in [0.15, 0.2) is 5.82 Å². The van der Waals surface area contributed by atoms with Crippen LogP contribution in [0.2, 0.25) is 0 Å². The van der Waals surface area contributed by atoms with Gasteiger partial charge >= 0.3 is 0 Å². The lowest BCUT2D eigenvalue weighted by atomic mass is 9.67. The van der Waals surface area contributed by atoms with Gasteiger partial charge in [-0.05, 0) is 70.5 Å². The molecule has 2 heterocycles. The predicted octanol–water partition coefficient (Wildman–Crippen LogP) is 9.64. The Morgan fingerprint density at radius 2 is 1.36 bits per heavy atom. The van der Waals surface area contributed by atoms with Crippen molar-refractivity contribution >= 4 is 0 Å². The van der Waals surface area contributed by atoms with Crippen molar-refractivity contribution in [3.05, 3.63) is 138 Å². The molecule has 0 amide bonds. The van der Waals surface area contributed by atoms with E-state index in [9.17, 15) is 5.26 Å². The maximum Gasteiger partial charge on any atom is 0.160 e. The highest BCUT2D eigenvalue weighted by Crippen LogP contribution is 2.58. The average molecular weight is 567 g/mol. The Bertz CT molecular complexity index is 2030. The summed E-state index contributed by atoms with van der Waals surface area (Å²) in [6.07, 6.45) is 9.66. The van der Waals surface area contributed by atoms with Crippen molar-refractivity contribution in [2.75, 3.05) is 0 Å². The van der Waals surface area contributed by atoms with Gasteiger partial charge in [-0.2, -0.15) is 5.26 Å². The number of hydrogen-bond donors (Lipinski definition) is 0. The zero-order valence-electron chi connectivity index (χ0n) is 24.4. The normalized spacial score (nSPS) is 14.5. The van der Waals surface area contributed by atoms with Crippen molar-refractivity contribution in [3.8, 4) is 62.2 Å². The average Bonchev–Trinajstić information content (AvgIpc) is 3.37. The molecule has 6 aromatic rings. The minimum atomic E-state index is -0.00679. The van der Waals surface area contributed by atoms with E-state index in [1.807, 2.05) is 36.5 Å². The van der Waals surface area contributed by atoms with Gasteiger partial charge in [-0.25, -0.2) is 9.97 Å². The summed E-state index contributed by atoms with van der Waals surface area (Å²) in [6.45, 7) is 0. The van der Waals surface area contributed by atoms with Crippen LogP contribution in [0.5, 0.6) is 0 Å². The van der Waals surface area contributed by atoms with Crippen LogP contribution in [0.1, 0.15) is 48.8 Å². The third-order valence-electron chi connectivity index (χ3n) is 9.43. The van der Waals surface area contributed by atoms with Crippen molar-refractivity contribution in [1.82, 2.24) is 15.0 Å². The summed E-state index contributed by atoms with van der Waals surface area (Å²) in [7, 11) is 0. The van der Waals surface area contributed by atoms with Crippen molar-refractivity contribution in [2.24, 2.45) is 0 Å². The van der Waals surface area contributed by atoms with Gasteiger partial charge in [-0.3, -0.25) is 4.98 Å². The molecule has 1 spiro atoms. The topological polar surface area (TPSA) is 62.5 Å². The van der Waals surface area contributed by atoms with E-state index in [1.54, 1.807) is 6.20 Å². The fourth-order valence-corrected chi connectivity index (χ4v) is 7.35. The number of fused-ring (bicyclic) bond motifs is 5. The van der Waals surface area contributed by atoms with Crippen molar-refractivity contribution < 1.29 is 0 Å². The van der Waals surface area contributed by atoms with Crippen LogP contribution >= 0.6 is 0 Å². The van der Waals surface area contributed by atoms with Crippen LogP contribution in [0.25, 0.3) is 56.2 Å². The molecule has 0 bridgehead atoms. The summed E-state index contributed by atoms with van der Waals surface area (Å²) in [4.78, 5) is 14.6. The van der Waals surface area contributed by atoms with Crippen LogP contribution in [-0.4, -0.2) is 15.0 Å². The zero-order chi connectivity index (χ0) is 29.5. The Labute approximate surface area is 257 Å². The summed E-state index contributed by atoms with van der Waals surface area (Å²) in [5, 5.41) is 9.85. The number of aromatic nitrogens is 3.